The lowest BCUT2D eigenvalue weighted by atomic mass is 10.0. The predicted molar refractivity (Wildman–Crippen MR) is 92.0 cm³/mol. The fraction of sp³-hybridized carbons (Fsp3) is 0.529. The lowest BCUT2D eigenvalue weighted by molar-refractivity contribution is -0.121. The van der Waals surface area contributed by atoms with Crippen LogP contribution in [0.2, 0.25) is 0 Å². The van der Waals surface area contributed by atoms with E-state index in [0.717, 1.165) is 11.6 Å². The van der Waals surface area contributed by atoms with E-state index in [4.69, 9.17) is 0 Å². The van der Waals surface area contributed by atoms with Gasteiger partial charge >= 0.3 is 0 Å². The van der Waals surface area contributed by atoms with E-state index in [0.29, 0.717) is 31.3 Å². The minimum Gasteiger partial charge on any atom is -0.368 e. The molecule has 1 aliphatic carbocycles. The number of hydrogen-bond acceptors (Lipinski definition) is 5. The topological polar surface area (TPSA) is 84.7 Å². The third kappa shape index (κ3) is 4.53. The van der Waals surface area contributed by atoms with Crippen LogP contribution < -0.4 is 10.6 Å². The molecule has 0 bridgehead atoms. The molecule has 0 aliphatic heterocycles. The Balaban J connectivity index is 1.45. The lowest BCUT2D eigenvalue weighted by Crippen LogP contribution is -2.30. The van der Waals surface area contributed by atoms with Crippen molar-refractivity contribution >= 4 is 11.7 Å². The van der Waals surface area contributed by atoms with Crippen LogP contribution in [0.3, 0.4) is 0 Å². The molecule has 2 aromatic rings. The molecule has 128 valence electrons. The Bertz CT molecular complexity index is 664. The number of aryl methyl sites for hydroxylation is 1. The molecule has 0 unspecified atom stereocenters. The molecule has 2 heterocycles. The Morgan fingerprint density at radius 3 is 2.88 bits per heavy atom. The summed E-state index contributed by atoms with van der Waals surface area (Å²) in [6, 6.07) is 3.70. The normalized spacial score (nSPS) is 14.7. The molecule has 2 aromatic heterocycles. The van der Waals surface area contributed by atoms with Crippen LogP contribution >= 0.6 is 0 Å². The van der Waals surface area contributed by atoms with Crippen molar-refractivity contribution in [3.63, 3.8) is 0 Å². The summed E-state index contributed by atoms with van der Waals surface area (Å²) in [6.07, 6.45) is 9.15. The average molecular weight is 328 g/mol. The highest BCUT2D eigenvalue weighted by molar-refractivity contribution is 5.76. The number of carbonyl (C=O) groups excluding carboxylic acids is 1. The second-order valence-electron chi connectivity index (χ2n) is 6.24. The monoisotopic (exact) mass is 328 g/mol. The fourth-order valence-electron chi connectivity index (χ4n) is 3.11. The van der Waals surface area contributed by atoms with Crippen molar-refractivity contribution in [2.24, 2.45) is 5.92 Å². The molecule has 1 amide bonds. The van der Waals surface area contributed by atoms with E-state index in [1.165, 1.54) is 25.7 Å². The molecule has 0 saturated heterocycles. The summed E-state index contributed by atoms with van der Waals surface area (Å²) in [5.74, 6) is 2.87. The van der Waals surface area contributed by atoms with Crippen LogP contribution in [-0.2, 0) is 4.79 Å². The summed E-state index contributed by atoms with van der Waals surface area (Å²) in [4.78, 5) is 20.6. The lowest BCUT2D eigenvalue weighted by Gasteiger charge is -2.11. The third-order valence-corrected chi connectivity index (χ3v) is 4.27. The Morgan fingerprint density at radius 1 is 1.29 bits per heavy atom. The standard InChI is InChI=1S/C17H24N6O/c1-13-21-15(12-16(22-13)23-10-4-7-20-23)18-8-9-19-17(24)11-14-5-2-3-6-14/h4,7,10,12,14H,2-3,5-6,8-9,11H2,1H3,(H,19,24)(H,18,21,22). The summed E-state index contributed by atoms with van der Waals surface area (Å²) in [5, 5.41) is 10.4. The number of aromatic nitrogens is 4. The molecule has 0 aromatic carbocycles. The maximum Gasteiger partial charge on any atom is 0.220 e. The van der Waals surface area contributed by atoms with Gasteiger partial charge in [0.2, 0.25) is 5.91 Å². The highest BCUT2D eigenvalue weighted by atomic mass is 16.1. The first-order valence-corrected chi connectivity index (χ1v) is 8.57. The molecule has 2 N–H and O–H groups in total. The van der Waals surface area contributed by atoms with Crippen LogP contribution in [-0.4, -0.2) is 38.7 Å². The minimum absolute atomic E-state index is 0.153. The zero-order valence-corrected chi connectivity index (χ0v) is 14.0. The smallest absolute Gasteiger partial charge is 0.220 e. The van der Waals surface area contributed by atoms with Crippen LogP contribution in [0.5, 0.6) is 0 Å². The van der Waals surface area contributed by atoms with E-state index < -0.39 is 0 Å². The fourth-order valence-corrected chi connectivity index (χ4v) is 3.11. The molecular formula is C17H24N6O. The van der Waals surface area contributed by atoms with E-state index in [1.54, 1.807) is 10.9 Å². The molecule has 1 fully saturated rings. The number of nitrogens with one attached hydrogen (secondary N) is 2. The Hall–Kier alpha value is -2.44. The number of hydrogen-bond donors (Lipinski definition) is 2. The second kappa shape index (κ2) is 7.90. The summed E-state index contributed by atoms with van der Waals surface area (Å²) in [6.45, 7) is 3.07. The van der Waals surface area contributed by atoms with Gasteiger partial charge in [-0.25, -0.2) is 14.6 Å². The predicted octanol–water partition coefficient (Wildman–Crippen LogP) is 2.08. The largest absolute Gasteiger partial charge is 0.368 e. The van der Waals surface area contributed by atoms with Crippen LogP contribution in [0, 0.1) is 12.8 Å². The Morgan fingerprint density at radius 2 is 2.12 bits per heavy atom. The van der Waals surface area contributed by atoms with E-state index >= 15 is 0 Å². The van der Waals surface area contributed by atoms with Crippen molar-refractivity contribution in [2.45, 2.75) is 39.0 Å². The van der Waals surface area contributed by atoms with Gasteiger partial charge in [-0.2, -0.15) is 5.10 Å². The molecule has 0 atom stereocenters. The quantitative estimate of drug-likeness (QED) is 0.760. The van der Waals surface area contributed by atoms with E-state index in [9.17, 15) is 4.79 Å². The maximum absolute atomic E-state index is 11.9. The van der Waals surface area contributed by atoms with Crippen LogP contribution in [0.4, 0.5) is 5.82 Å². The SMILES string of the molecule is Cc1nc(NCCNC(=O)CC2CCCC2)cc(-n2cccn2)n1. The van der Waals surface area contributed by atoms with Gasteiger partial charge in [0.1, 0.15) is 11.6 Å². The first kappa shape index (κ1) is 16.4. The molecule has 1 aliphatic rings. The highest BCUT2D eigenvalue weighted by Gasteiger charge is 2.17. The van der Waals surface area contributed by atoms with Gasteiger partial charge in [-0.1, -0.05) is 12.8 Å². The van der Waals surface area contributed by atoms with E-state index in [2.05, 4.69) is 25.7 Å². The maximum atomic E-state index is 11.9. The Kier molecular flexibility index (Phi) is 5.40. The van der Waals surface area contributed by atoms with Gasteiger partial charge in [-0.15, -0.1) is 0 Å². The average Bonchev–Trinajstić information content (AvgIpc) is 3.24. The summed E-state index contributed by atoms with van der Waals surface area (Å²) in [5.41, 5.74) is 0. The molecular weight excluding hydrogens is 304 g/mol. The van der Waals surface area contributed by atoms with Gasteiger partial charge in [0.05, 0.1) is 0 Å². The van der Waals surface area contributed by atoms with Gasteiger partial charge < -0.3 is 10.6 Å². The number of rotatable bonds is 7. The Labute approximate surface area is 141 Å². The van der Waals surface area contributed by atoms with Crippen molar-refractivity contribution in [3.8, 4) is 5.82 Å². The first-order valence-electron chi connectivity index (χ1n) is 8.57. The van der Waals surface area contributed by atoms with Crippen molar-refractivity contribution < 1.29 is 4.79 Å². The highest BCUT2D eigenvalue weighted by Crippen LogP contribution is 2.27. The number of nitrogens with zero attached hydrogens (tertiary/aromatic N) is 4. The zero-order valence-electron chi connectivity index (χ0n) is 14.0. The van der Waals surface area contributed by atoms with Crippen molar-refractivity contribution in [3.05, 3.63) is 30.4 Å². The van der Waals surface area contributed by atoms with Crippen LogP contribution in [0.25, 0.3) is 5.82 Å². The summed E-state index contributed by atoms with van der Waals surface area (Å²) in [7, 11) is 0. The molecule has 1 saturated carbocycles. The van der Waals surface area contributed by atoms with Crippen molar-refractivity contribution in [1.29, 1.82) is 0 Å². The second-order valence-corrected chi connectivity index (χ2v) is 6.24. The van der Waals surface area contributed by atoms with Crippen molar-refractivity contribution in [2.75, 3.05) is 18.4 Å². The third-order valence-electron chi connectivity index (χ3n) is 4.27. The first-order chi connectivity index (χ1) is 11.7. The minimum atomic E-state index is 0.153. The summed E-state index contributed by atoms with van der Waals surface area (Å²) >= 11 is 0. The van der Waals surface area contributed by atoms with Crippen LogP contribution in [0.1, 0.15) is 37.9 Å². The molecule has 24 heavy (non-hydrogen) atoms. The van der Waals surface area contributed by atoms with Crippen LogP contribution in [0.15, 0.2) is 24.5 Å². The number of anilines is 1. The van der Waals surface area contributed by atoms with E-state index in [-0.39, 0.29) is 5.91 Å². The molecule has 7 heteroatoms. The molecule has 3 rings (SSSR count). The summed E-state index contributed by atoms with van der Waals surface area (Å²) < 4.78 is 1.70. The van der Waals surface area contributed by atoms with Gasteiger partial charge in [0.15, 0.2) is 5.82 Å². The van der Waals surface area contributed by atoms with Crippen molar-refractivity contribution in [1.82, 2.24) is 25.1 Å². The number of amides is 1. The number of carbonyl (C=O) groups is 1. The molecule has 7 nitrogen and oxygen atoms in total. The molecule has 0 radical (unpaired) electrons. The molecule has 0 spiro atoms. The zero-order chi connectivity index (χ0) is 16.8. The van der Waals surface area contributed by atoms with Gasteiger partial charge in [-0.3, -0.25) is 4.79 Å². The van der Waals surface area contributed by atoms with E-state index in [1.807, 2.05) is 25.3 Å². The van der Waals surface area contributed by atoms with Gasteiger partial charge in [0, 0.05) is 38.0 Å². The van der Waals surface area contributed by atoms with Gasteiger partial charge in [0.25, 0.3) is 0 Å². The van der Waals surface area contributed by atoms with Gasteiger partial charge in [-0.05, 0) is 31.7 Å².